The molecule has 1 N–H and O–H groups in total. The van der Waals surface area contributed by atoms with Crippen molar-refractivity contribution in [3.05, 3.63) is 71.3 Å². The lowest BCUT2D eigenvalue weighted by Crippen LogP contribution is -2.22. The third-order valence-corrected chi connectivity index (χ3v) is 3.09. The molecular weight excluding hydrogens is 250 g/mol. The monoisotopic (exact) mass is 269 g/mol. The summed E-state index contributed by atoms with van der Waals surface area (Å²) in [6, 6.07) is 18.4. The van der Waals surface area contributed by atoms with E-state index in [0.717, 1.165) is 12.0 Å². The maximum absolute atomic E-state index is 11.1. The van der Waals surface area contributed by atoms with E-state index >= 15 is 0 Å². The summed E-state index contributed by atoms with van der Waals surface area (Å²) in [5.41, 5.74) is 6.00. The van der Waals surface area contributed by atoms with Gasteiger partial charge in [0, 0.05) is 6.42 Å². The Hall–Kier alpha value is -2.13. The summed E-state index contributed by atoms with van der Waals surface area (Å²) in [6.07, 6.45) is 1.29. The highest BCUT2D eigenvalue weighted by Gasteiger charge is 2.04. The van der Waals surface area contributed by atoms with E-state index < -0.39 is 0 Å². The first-order valence-corrected chi connectivity index (χ1v) is 6.81. The van der Waals surface area contributed by atoms with Crippen LogP contribution in [0, 0.1) is 0 Å². The molecule has 3 nitrogen and oxygen atoms in total. The summed E-state index contributed by atoms with van der Waals surface area (Å²) < 4.78 is 0. The zero-order valence-electron chi connectivity index (χ0n) is 11.6. The Morgan fingerprint density at radius 2 is 1.65 bits per heavy atom. The number of hydrogen-bond acceptors (Lipinski definition) is 2. The maximum Gasteiger partial charge on any atom is 0.243 e. The zero-order valence-corrected chi connectivity index (χ0v) is 11.6. The number of carbonyl (C=O) groups is 1. The molecular formula is C17H19NO2. The normalized spacial score (nSPS) is 10.2. The number of hydrogen-bond donors (Lipinski definition) is 1. The SMILES string of the molecule is CCC(=O)NOCc1ccccc1Cc1ccccc1. The highest BCUT2D eigenvalue weighted by atomic mass is 16.6. The molecule has 0 atom stereocenters. The van der Waals surface area contributed by atoms with Crippen molar-refractivity contribution in [1.82, 2.24) is 5.48 Å². The molecule has 0 aliphatic heterocycles. The zero-order chi connectivity index (χ0) is 14.2. The molecule has 2 aromatic carbocycles. The molecule has 0 heterocycles. The molecule has 2 aromatic rings. The lowest BCUT2D eigenvalue weighted by molar-refractivity contribution is -0.134. The molecule has 0 unspecified atom stereocenters. The molecule has 0 saturated heterocycles. The van der Waals surface area contributed by atoms with Crippen molar-refractivity contribution >= 4 is 5.91 Å². The van der Waals surface area contributed by atoms with Gasteiger partial charge in [0.25, 0.3) is 0 Å². The maximum atomic E-state index is 11.1. The van der Waals surface area contributed by atoms with Crippen LogP contribution in [0.25, 0.3) is 0 Å². The van der Waals surface area contributed by atoms with E-state index in [0.29, 0.717) is 13.0 Å². The Balaban J connectivity index is 2.01. The molecule has 0 bridgehead atoms. The first-order chi connectivity index (χ1) is 9.79. The standard InChI is InChI=1S/C17H19NO2/c1-2-17(19)18-20-13-16-11-7-6-10-15(16)12-14-8-4-3-5-9-14/h3-11H,2,12-13H2,1H3,(H,18,19). The van der Waals surface area contributed by atoms with E-state index in [1.807, 2.05) is 36.4 Å². The van der Waals surface area contributed by atoms with Gasteiger partial charge in [0.15, 0.2) is 0 Å². The van der Waals surface area contributed by atoms with Crippen LogP contribution in [0.4, 0.5) is 0 Å². The summed E-state index contributed by atoms with van der Waals surface area (Å²) in [7, 11) is 0. The van der Waals surface area contributed by atoms with Gasteiger partial charge in [0.05, 0.1) is 0 Å². The second-order valence-corrected chi connectivity index (χ2v) is 4.60. The van der Waals surface area contributed by atoms with Crippen molar-refractivity contribution in [3.8, 4) is 0 Å². The lowest BCUT2D eigenvalue weighted by Gasteiger charge is -2.10. The van der Waals surface area contributed by atoms with Crippen LogP contribution in [-0.4, -0.2) is 5.91 Å². The van der Waals surface area contributed by atoms with Crippen molar-refractivity contribution < 1.29 is 9.63 Å². The molecule has 0 aliphatic carbocycles. The largest absolute Gasteiger partial charge is 0.273 e. The first kappa shape index (κ1) is 14.3. The molecule has 0 fully saturated rings. The van der Waals surface area contributed by atoms with Gasteiger partial charge in [-0.3, -0.25) is 9.63 Å². The number of amides is 1. The van der Waals surface area contributed by atoms with Crippen molar-refractivity contribution in [2.24, 2.45) is 0 Å². The van der Waals surface area contributed by atoms with Crippen molar-refractivity contribution in [3.63, 3.8) is 0 Å². The predicted molar refractivity (Wildman–Crippen MR) is 78.9 cm³/mol. The Labute approximate surface area is 119 Å². The van der Waals surface area contributed by atoms with Gasteiger partial charge in [-0.15, -0.1) is 0 Å². The topological polar surface area (TPSA) is 38.3 Å². The Kier molecular flexibility index (Phi) is 5.33. The smallest absolute Gasteiger partial charge is 0.243 e. The van der Waals surface area contributed by atoms with Crippen LogP contribution in [0.15, 0.2) is 54.6 Å². The second-order valence-electron chi connectivity index (χ2n) is 4.60. The summed E-state index contributed by atoms with van der Waals surface area (Å²) in [5, 5.41) is 0. The Morgan fingerprint density at radius 1 is 1.00 bits per heavy atom. The molecule has 1 amide bonds. The van der Waals surface area contributed by atoms with Crippen LogP contribution in [-0.2, 0) is 22.7 Å². The van der Waals surface area contributed by atoms with Gasteiger partial charge in [0.2, 0.25) is 5.91 Å². The van der Waals surface area contributed by atoms with E-state index in [9.17, 15) is 4.79 Å². The number of carbonyl (C=O) groups excluding carboxylic acids is 1. The van der Waals surface area contributed by atoms with Crippen molar-refractivity contribution in [1.29, 1.82) is 0 Å². The van der Waals surface area contributed by atoms with E-state index in [1.165, 1.54) is 11.1 Å². The molecule has 0 radical (unpaired) electrons. The minimum Gasteiger partial charge on any atom is -0.273 e. The van der Waals surface area contributed by atoms with Crippen LogP contribution in [0.1, 0.15) is 30.0 Å². The highest BCUT2D eigenvalue weighted by Crippen LogP contribution is 2.15. The van der Waals surface area contributed by atoms with Gasteiger partial charge in [0.1, 0.15) is 6.61 Å². The van der Waals surface area contributed by atoms with Gasteiger partial charge in [-0.2, -0.15) is 0 Å². The minimum absolute atomic E-state index is 0.106. The van der Waals surface area contributed by atoms with Crippen LogP contribution < -0.4 is 5.48 Å². The van der Waals surface area contributed by atoms with Gasteiger partial charge < -0.3 is 0 Å². The van der Waals surface area contributed by atoms with Crippen molar-refractivity contribution in [2.45, 2.75) is 26.4 Å². The van der Waals surface area contributed by atoms with Gasteiger partial charge in [-0.25, -0.2) is 5.48 Å². The van der Waals surface area contributed by atoms with E-state index in [2.05, 4.69) is 23.7 Å². The molecule has 0 aromatic heterocycles. The highest BCUT2D eigenvalue weighted by molar-refractivity contribution is 5.74. The van der Waals surface area contributed by atoms with Crippen molar-refractivity contribution in [2.75, 3.05) is 0 Å². The minimum atomic E-state index is -0.106. The van der Waals surface area contributed by atoms with E-state index in [1.54, 1.807) is 6.92 Å². The fraction of sp³-hybridized carbons (Fsp3) is 0.235. The van der Waals surface area contributed by atoms with Gasteiger partial charge >= 0.3 is 0 Å². The Bertz CT molecular complexity index is 552. The van der Waals surface area contributed by atoms with Crippen LogP contribution in [0.2, 0.25) is 0 Å². The number of benzene rings is 2. The molecule has 20 heavy (non-hydrogen) atoms. The second kappa shape index (κ2) is 7.46. The number of hydroxylamine groups is 1. The summed E-state index contributed by atoms with van der Waals surface area (Å²) in [6.45, 7) is 2.18. The van der Waals surface area contributed by atoms with Crippen LogP contribution in [0.3, 0.4) is 0 Å². The summed E-state index contributed by atoms with van der Waals surface area (Å²) >= 11 is 0. The fourth-order valence-electron chi connectivity index (χ4n) is 1.95. The molecule has 0 spiro atoms. The Morgan fingerprint density at radius 3 is 2.35 bits per heavy atom. The lowest BCUT2D eigenvalue weighted by atomic mass is 10.0. The van der Waals surface area contributed by atoms with Crippen LogP contribution in [0.5, 0.6) is 0 Å². The molecule has 0 aliphatic rings. The average Bonchev–Trinajstić information content (AvgIpc) is 2.50. The first-order valence-electron chi connectivity index (χ1n) is 6.81. The molecule has 3 heteroatoms. The third-order valence-electron chi connectivity index (χ3n) is 3.09. The molecule has 0 saturated carbocycles. The molecule has 104 valence electrons. The summed E-state index contributed by atoms with van der Waals surface area (Å²) in [5.74, 6) is -0.106. The summed E-state index contributed by atoms with van der Waals surface area (Å²) in [4.78, 5) is 16.4. The fourth-order valence-corrected chi connectivity index (χ4v) is 1.95. The predicted octanol–water partition coefficient (Wildman–Crippen LogP) is 3.24. The van der Waals surface area contributed by atoms with E-state index in [4.69, 9.17) is 4.84 Å². The van der Waals surface area contributed by atoms with E-state index in [-0.39, 0.29) is 5.91 Å². The van der Waals surface area contributed by atoms with Gasteiger partial charge in [-0.05, 0) is 23.1 Å². The number of rotatable bonds is 6. The van der Waals surface area contributed by atoms with Gasteiger partial charge in [-0.1, -0.05) is 61.5 Å². The van der Waals surface area contributed by atoms with Crippen LogP contribution >= 0.6 is 0 Å². The number of nitrogens with one attached hydrogen (secondary N) is 1. The third kappa shape index (κ3) is 4.21. The molecule has 2 rings (SSSR count). The average molecular weight is 269 g/mol. The quantitative estimate of drug-likeness (QED) is 0.818.